The van der Waals surface area contributed by atoms with Crippen LogP contribution in [0.15, 0.2) is 115 Å². The summed E-state index contributed by atoms with van der Waals surface area (Å²) in [5.41, 5.74) is 7.30. The average molecular weight is 2010 g/mol. The fourth-order valence-electron chi connectivity index (χ4n) is 17.3. The molecule has 7 aromatic carbocycles. The van der Waals surface area contributed by atoms with Crippen LogP contribution in [0.25, 0.3) is 11.1 Å². The zero-order valence-corrected chi connectivity index (χ0v) is 76.7. The molecule has 24 atom stereocenters. The lowest BCUT2D eigenvalue weighted by atomic mass is 9.89. The minimum Gasteiger partial charge on any atom is -0.508 e. The summed E-state index contributed by atoms with van der Waals surface area (Å²) in [7, 11) is 0. The Hall–Kier alpha value is -13.1. The summed E-state index contributed by atoms with van der Waals surface area (Å²) in [6.45, 7) is 1.87. The van der Waals surface area contributed by atoms with E-state index >= 15 is 28.8 Å². The summed E-state index contributed by atoms with van der Waals surface area (Å²) in [5.74, 6) is -22.3. The van der Waals surface area contributed by atoms with Crippen molar-refractivity contribution in [2.45, 2.75) is 225 Å². The molecule has 3 saturated heterocycles. The zero-order valence-electron chi connectivity index (χ0n) is 75.2. The number of phenols is 4. The third-order valence-corrected chi connectivity index (χ3v) is 25.3. The highest BCUT2D eigenvalue weighted by molar-refractivity contribution is 6.32. The SMILES string of the molecule is CC(=O)N[C@H]1[C@H](O[C@@H]2c3ccc(c(Cl)c3)Oc3cc4cc(c3O[C@@H]3O[C@H](CO)[C@@H](O)[C@H](O)[C@H]3NC(=O)CCCCCCC(C)C)Oc3ccc(cc3Cl)C[C@H]3NC(=O)[C@@H](NC(=O)[C@@H](N)CCC(N)=O)c5ccc(O)c(c5)Oc5cc(O)cc(c5)[C@H](NC3=O)C(=O)N[C@H]4C(=O)N[C@H]3C(=O)N[C@@H]2C(=O)N[C@H](C(=O)O)c2cc(O)cc(O[C@H]4O[C@H](CO)[C@@H](O)[C@H](O)[C@@H]4O)c2-c2cc3ccc2O)O[C@H](CO)[C@@H](O)[C@@H]1O. The normalized spacial score (nSPS) is 28.0. The van der Waals surface area contributed by atoms with Crippen molar-refractivity contribution in [2.75, 3.05) is 19.8 Å². The van der Waals surface area contributed by atoms with Crippen LogP contribution in [-0.2, 0) is 78.1 Å². The van der Waals surface area contributed by atoms with Crippen LogP contribution in [0.2, 0.25) is 10.0 Å². The Morgan fingerprint density at radius 2 is 1.06 bits per heavy atom. The smallest absolute Gasteiger partial charge is 0.330 e. The maximum absolute atomic E-state index is 17.2. The van der Waals surface area contributed by atoms with Gasteiger partial charge in [0.15, 0.2) is 35.3 Å². The van der Waals surface area contributed by atoms with Crippen LogP contribution in [0.3, 0.4) is 0 Å². The van der Waals surface area contributed by atoms with Gasteiger partial charge in [-0.1, -0.05) is 87.0 Å². The Bertz CT molecular complexity index is 5920. The van der Waals surface area contributed by atoms with E-state index < -0.39 is 357 Å². The number of primary amides is 1. The fraction of sp³-hybridized carbons (Fsp3) is 0.430. The molecule has 3 fully saturated rings. The number of aliphatic hydroxyl groups is 10. The number of carbonyl (C=O) groups is 11. The van der Waals surface area contributed by atoms with Crippen LogP contribution in [0, 0.1) is 5.92 Å². The summed E-state index contributed by atoms with van der Waals surface area (Å²) >= 11 is 14.8. The summed E-state index contributed by atoms with van der Waals surface area (Å²) in [5, 5.41) is 193. The number of unbranched alkanes of at least 4 members (excludes halogenated alkanes) is 3. The Labute approximate surface area is 810 Å². The fourth-order valence-corrected chi connectivity index (χ4v) is 17.7. The first-order valence-corrected chi connectivity index (χ1v) is 45.5. The first kappa shape index (κ1) is 104. The molecule has 0 spiro atoms. The van der Waals surface area contributed by atoms with Gasteiger partial charge < -0.3 is 179 Å². The third kappa shape index (κ3) is 23.4. The Morgan fingerprint density at radius 1 is 0.496 bits per heavy atom. The topological polar surface area (TPSA) is 735 Å². The van der Waals surface area contributed by atoms with E-state index in [1.807, 2.05) is 0 Å². The number of carboxylic acids is 1. The van der Waals surface area contributed by atoms with Crippen LogP contribution in [0.5, 0.6) is 69.0 Å². The number of rotatable bonds is 24. The van der Waals surface area contributed by atoms with Crippen molar-refractivity contribution in [1.29, 1.82) is 0 Å². The summed E-state index contributed by atoms with van der Waals surface area (Å²) in [6, 6.07) is -2.52. The number of phenolic OH excluding ortho intramolecular Hbond substituents is 4. The van der Waals surface area contributed by atoms with Crippen molar-refractivity contribution in [1.82, 2.24) is 47.9 Å². The second-order valence-corrected chi connectivity index (χ2v) is 36.1. The highest BCUT2D eigenvalue weighted by atomic mass is 35.5. The van der Waals surface area contributed by atoms with Gasteiger partial charge in [0.1, 0.15) is 156 Å². The largest absolute Gasteiger partial charge is 0.508 e. The van der Waals surface area contributed by atoms with Gasteiger partial charge in [0.05, 0.1) is 35.9 Å². The van der Waals surface area contributed by atoms with Crippen molar-refractivity contribution in [3.05, 3.63) is 164 Å². The summed E-state index contributed by atoms with van der Waals surface area (Å²) < 4.78 is 57.6. The summed E-state index contributed by atoms with van der Waals surface area (Å²) in [4.78, 5) is 166. The van der Waals surface area contributed by atoms with Gasteiger partial charge in [-0.15, -0.1) is 0 Å². The number of ether oxygens (including phenoxy) is 9. The molecule has 0 radical (unpaired) electrons. The van der Waals surface area contributed by atoms with Gasteiger partial charge in [0.25, 0.3) is 0 Å². The molecule has 7 aromatic rings. The number of hydrogen-bond donors (Lipinski definition) is 26. The highest BCUT2D eigenvalue weighted by Crippen LogP contribution is 2.51. The molecule has 9 heterocycles. The van der Waals surface area contributed by atoms with Crippen molar-refractivity contribution >= 4 is 88.2 Å². The molecule has 48 heteroatoms. The van der Waals surface area contributed by atoms with E-state index in [2.05, 4.69) is 61.7 Å². The lowest BCUT2D eigenvalue weighted by molar-refractivity contribution is -0.284. The molecule has 46 nitrogen and oxygen atoms in total. The molecular weight excluding hydrogens is 1900 g/mol. The molecule has 0 unspecified atom stereocenters. The molecule has 0 saturated carbocycles. The molecule has 141 heavy (non-hydrogen) atoms. The number of fused-ring (bicyclic) bond motifs is 14. The molecule has 17 bridgehead atoms. The van der Waals surface area contributed by atoms with Gasteiger partial charge >= 0.3 is 5.97 Å². The average Bonchev–Trinajstić information content (AvgIpc) is 0.744. The van der Waals surface area contributed by atoms with Gasteiger partial charge in [-0.2, -0.15) is 0 Å². The van der Waals surface area contributed by atoms with Gasteiger partial charge in [-0.25, -0.2) is 4.79 Å². The first-order valence-electron chi connectivity index (χ1n) is 44.7. The van der Waals surface area contributed by atoms with Crippen LogP contribution in [0.4, 0.5) is 0 Å². The molecule has 10 amide bonds. The molecular formula is C93H105Cl2N11O35. The number of amides is 10. The number of aliphatic hydroxyl groups excluding tert-OH is 10. The molecule has 9 aliphatic heterocycles. The number of nitrogens with one attached hydrogen (secondary N) is 9. The van der Waals surface area contributed by atoms with Gasteiger partial charge in [0.2, 0.25) is 77.4 Å². The van der Waals surface area contributed by atoms with Crippen molar-refractivity contribution < 1.29 is 172 Å². The number of benzene rings is 7. The number of aromatic hydroxyl groups is 4. The maximum atomic E-state index is 17.2. The highest BCUT2D eigenvalue weighted by Gasteiger charge is 2.53. The van der Waals surface area contributed by atoms with Crippen LogP contribution >= 0.6 is 23.2 Å². The van der Waals surface area contributed by atoms with Crippen molar-refractivity contribution in [2.24, 2.45) is 17.4 Å². The number of aliphatic carboxylic acids is 1. The number of nitrogens with two attached hydrogens (primary N) is 2. The molecule has 28 N–H and O–H groups in total. The zero-order chi connectivity index (χ0) is 102. The number of halogens is 2. The second kappa shape index (κ2) is 44.4. The third-order valence-electron chi connectivity index (χ3n) is 24.7. The molecule has 0 aliphatic carbocycles. The van der Waals surface area contributed by atoms with E-state index in [1.165, 1.54) is 24.3 Å². The van der Waals surface area contributed by atoms with Gasteiger partial charge in [0, 0.05) is 55.0 Å². The van der Waals surface area contributed by atoms with Crippen molar-refractivity contribution in [3.8, 4) is 80.1 Å². The molecule has 16 rings (SSSR count). The van der Waals surface area contributed by atoms with E-state index in [4.69, 9.17) is 77.3 Å². The number of carboxylic acid groups (broad SMARTS) is 1. The van der Waals surface area contributed by atoms with E-state index in [0.717, 1.165) is 117 Å². The monoisotopic (exact) mass is 2010 g/mol. The lowest BCUT2D eigenvalue weighted by Gasteiger charge is -2.44. The molecule has 0 aromatic heterocycles. The minimum absolute atomic E-state index is 0.0658. The number of carbonyl (C=O) groups excluding carboxylic acids is 10. The van der Waals surface area contributed by atoms with Crippen LogP contribution < -0.4 is 83.0 Å². The van der Waals surface area contributed by atoms with Crippen LogP contribution in [0.1, 0.15) is 147 Å². The van der Waals surface area contributed by atoms with Crippen LogP contribution in [-0.4, -0.2) is 272 Å². The summed E-state index contributed by atoms with van der Waals surface area (Å²) in [6.07, 6.45) is -27.3. The van der Waals surface area contributed by atoms with Gasteiger partial charge in [-0.05, 0) is 131 Å². The second-order valence-electron chi connectivity index (χ2n) is 35.3. The van der Waals surface area contributed by atoms with E-state index in [-0.39, 0.29) is 29.0 Å². The lowest BCUT2D eigenvalue weighted by Crippen LogP contribution is -2.65. The van der Waals surface area contributed by atoms with E-state index in [0.29, 0.717) is 18.8 Å². The first-order chi connectivity index (χ1) is 67.1. The Kier molecular flexibility index (Phi) is 32.6. The van der Waals surface area contributed by atoms with Crippen molar-refractivity contribution in [3.63, 3.8) is 0 Å². The maximum Gasteiger partial charge on any atom is 0.330 e. The molecule has 756 valence electrons. The number of hydrogen-bond acceptors (Lipinski definition) is 35. The predicted octanol–water partition coefficient (Wildman–Crippen LogP) is -0.230. The van der Waals surface area contributed by atoms with E-state index in [1.54, 1.807) is 0 Å². The van der Waals surface area contributed by atoms with Gasteiger partial charge in [-0.3, -0.25) is 47.9 Å². The standard InChI is InChI=1S/C93H105Cl2N11O35/c1-35(2)8-6-4-5-7-9-64(116)100-72-78(121)75(118)61(33-108)138-92(72)141-82-58-27-42-28-59(82)135-55-18-13-40(25-49(55)95)81(140-91-71(98-36(3)110)77(120)74(117)60(32-107)137-91)73-89(130)105-70(90(131)132)47-30-44(112)31-57(136-93-80(123)79(122)76(119)62(34-109)139-93)65(47)46-24-38(11-15-52(46)113)66(86(127)106-73)103-88(129)69(42)104-87(128)68-41-22-43(111)29-45(23-41)133-56-26-39(12-16-53(56)114)67(101-83(124)50(96)14-19-63(97)115)85(126)99-51(84(125)102-68)21-37-10-17-54(134-58)48(94)20-37/h10-13,15-18,20,22-31,35,50-51,60-62,66-81,91-93,107-109,111-114,117-123H,4-9,14,19,21,32-34,96H2,1-3H3,(H2,97,115)(H,98,110)(H,99,126)(H,100,116)(H,101,124)(H,102,125)(H,103,129)(H,104,128)(H,105,130)(H,106,127)(H,131,132)/t50-,51+,60+,61+,62+,66+,67-,68-,69+,70-,71+,72+,73-,74+,75+,76+,77+,78+,79-,80-,81+,91-,92-,93-/m0/s1. The minimum atomic E-state index is -2.63. The van der Waals surface area contributed by atoms with E-state index in [9.17, 15) is 101 Å². The quantitative estimate of drug-likeness (QED) is 0.0348. The Balaban J connectivity index is 1.03. The predicted molar refractivity (Wildman–Crippen MR) is 483 cm³/mol. The Morgan fingerprint density at radius 3 is 1.68 bits per heavy atom. The molecule has 9 aliphatic rings.